The number of halogens is 12. The van der Waals surface area contributed by atoms with E-state index in [0.29, 0.717) is 26.2 Å². The molecule has 4 heterocycles. The predicted octanol–water partition coefficient (Wildman–Crippen LogP) is 7.16. The van der Waals surface area contributed by atoms with Crippen LogP contribution in [0.4, 0.5) is 73.6 Å². The summed E-state index contributed by atoms with van der Waals surface area (Å²) in [5.41, 5.74) is 5.87. The Hall–Kier alpha value is -5.48. The van der Waals surface area contributed by atoms with Crippen molar-refractivity contribution in [1.29, 1.82) is 0 Å². The Kier molecular flexibility index (Phi) is 20.2. The molecule has 2 amide bonds. The highest BCUT2D eigenvalue weighted by Crippen LogP contribution is 2.38. The lowest BCUT2D eigenvalue weighted by atomic mass is 9.89. The molecule has 4 saturated heterocycles. The van der Waals surface area contributed by atoms with Gasteiger partial charge in [0.25, 0.3) is 12.2 Å². The van der Waals surface area contributed by atoms with Gasteiger partial charge in [0.05, 0.1) is 13.1 Å². The molecule has 0 aromatic heterocycles. The number of amides is 2. The van der Waals surface area contributed by atoms with E-state index >= 15 is 0 Å². The molecule has 422 valence electrons. The summed E-state index contributed by atoms with van der Waals surface area (Å²) in [6.07, 6.45) is -31.6. The summed E-state index contributed by atoms with van der Waals surface area (Å²) in [5.74, 6) is -1.82. The molecule has 0 unspecified atom stereocenters. The zero-order valence-corrected chi connectivity index (χ0v) is 41.4. The fourth-order valence-corrected chi connectivity index (χ4v) is 9.12. The highest BCUT2D eigenvalue weighted by molar-refractivity contribution is 5.70. The van der Waals surface area contributed by atoms with Gasteiger partial charge < -0.3 is 49.9 Å². The van der Waals surface area contributed by atoms with Gasteiger partial charge in [-0.25, -0.2) is 9.59 Å². The minimum absolute atomic E-state index is 0.0664. The van der Waals surface area contributed by atoms with Crippen LogP contribution in [0.1, 0.15) is 54.9 Å². The van der Waals surface area contributed by atoms with Gasteiger partial charge in [-0.3, -0.25) is 19.4 Å². The maximum Gasteiger partial charge on any atom is 0.434 e. The third kappa shape index (κ3) is 18.1. The van der Waals surface area contributed by atoms with Crippen LogP contribution in [0.2, 0.25) is 0 Å². The number of hydrogen-bond donors (Lipinski definition) is 4. The maximum atomic E-state index is 12.7. The first kappa shape index (κ1) is 60.4. The first-order valence-corrected chi connectivity index (χ1v) is 24.0. The SMILES string of the molecule is Cc1ccc(CN2CCN(C(=O)OC(C(F)(F)F)C(F)(F)F)CC2)c(N2CCC(C)(NCC(=O)O)CC2)c1.Cc1ccc(CN2CCN(C(=O)OC(C(F)(F)F)C(F)(F)F)CC2)c(N2CCC(NCC(=O)O)CC2)c1. The predicted molar refractivity (Wildman–Crippen MR) is 247 cm³/mol. The average Bonchev–Trinajstić information content (AvgIpc) is 3.32. The molecule has 4 aliphatic rings. The van der Waals surface area contributed by atoms with Crippen molar-refractivity contribution in [2.24, 2.45) is 0 Å². The molecule has 28 heteroatoms. The van der Waals surface area contributed by atoms with Gasteiger partial charge in [-0.2, -0.15) is 52.7 Å². The number of nitrogens with zero attached hydrogens (tertiary/aromatic N) is 6. The van der Waals surface area contributed by atoms with E-state index in [9.17, 15) is 71.9 Å². The number of carbonyl (C=O) groups excluding carboxylic acids is 2. The van der Waals surface area contributed by atoms with E-state index in [1.807, 2.05) is 54.8 Å². The third-order valence-corrected chi connectivity index (χ3v) is 13.4. The van der Waals surface area contributed by atoms with Crippen molar-refractivity contribution in [1.82, 2.24) is 30.2 Å². The number of piperazine rings is 2. The monoisotopic (exact) mass is 1090 g/mol. The molecule has 75 heavy (non-hydrogen) atoms. The van der Waals surface area contributed by atoms with E-state index in [-0.39, 0.29) is 77.0 Å². The van der Waals surface area contributed by atoms with Crippen LogP contribution in [0.15, 0.2) is 36.4 Å². The summed E-state index contributed by atoms with van der Waals surface area (Å²) < 4.78 is 160. The molecule has 4 fully saturated rings. The molecule has 0 saturated carbocycles. The lowest BCUT2D eigenvalue weighted by molar-refractivity contribution is -0.309. The summed E-state index contributed by atoms with van der Waals surface area (Å²) in [4.78, 5) is 55.9. The minimum Gasteiger partial charge on any atom is -0.480 e. The zero-order valence-electron chi connectivity index (χ0n) is 41.4. The molecule has 2 aromatic carbocycles. The first-order valence-electron chi connectivity index (χ1n) is 24.0. The fourth-order valence-electron chi connectivity index (χ4n) is 9.12. The maximum absolute atomic E-state index is 12.7. The van der Waals surface area contributed by atoms with Gasteiger partial charge in [-0.05, 0) is 80.8 Å². The van der Waals surface area contributed by atoms with Crippen LogP contribution >= 0.6 is 0 Å². The molecule has 6 rings (SSSR count). The smallest absolute Gasteiger partial charge is 0.434 e. The molecule has 0 radical (unpaired) electrons. The van der Waals surface area contributed by atoms with Crippen molar-refractivity contribution >= 4 is 35.5 Å². The quantitative estimate of drug-likeness (QED) is 0.141. The largest absolute Gasteiger partial charge is 0.480 e. The second kappa shape index (κ2) is 25.1. The summed E-state index contributed by atoms with van der Waals surface area (Å²) in [7, 11) is 0. The average molecular weight is 1100 g/mol. The van der Waals surface area contributed by atoms with Gasteiger partial charge in [0.2, 0.25) is 0 Å². The number of alkyl halides is 12. The molecule has 16 nitrogen and oxygen atoms in total. The standard InChI is InChI=1S/C24H32F6N4O4.C23H30F6N4O4/c1-16-3-4-17(18(13-16)33-7-5-22(2,6-8-33)31-14-19(35)36)15-32-9-11-34(12-10-32)21(37)38-20(23(25,26)27)24(28,29)30;1-15-2-3-16(18(12-15)32-6-4-17(5-7-32)30-13-19(34)35)14-31-8-10-33(11-9-31)21(36)37-20(22(24,25)26)23(27,28)29/h3-4,13,20,31H,5-12,14-15H2,1-2H3,(H,35,36);2-3,12,17,20,30H,4-11,13-14H2,1H3,(H,34,35). The van der Waals surface area contributed by atoms with Crippen LogP contribution in [-0.2, 0) is 32.2 Å². The number of rotatable bonds is 14. The molecule has 4 aliphatic heterocycles. The number of carboxylic acid groups (broad SMARTS) is 2. The number of nitrogens with one attached hydrogen (secondary N) is 2. The van der Waals surface area contributed by atoms with Gasteiger partial charge >= 0.3 is 48.8 Å². The van der Waals surface area contributed by atoms with E-state index in [1.165, 1.54) is 0 Å². The summed E-state index contributed by atoms with van der Waals surface area (Å²) >= 11 is 0. The summed E-state index contributed by atoms with van der Waals surface area (Å²) in [6, 6.07) is 12.1. The molecule has 0 atom stereocenters. The molecule has 0 bridgehead atoms. The number of ether oxygens (including phenoxy) is 2. The van der Waals surface area contributed by atoms with Crippen molar-refractivity contribution in [3.63, 3.8) is 0 Å². The Morgan fingerprint density at radius 3 is 1.28 bits per heavy atom. The second-order valence-electron chi connectivity index (χ2n) is 19.3. The number of carboxylic acids is 2. The van der Waals surface area contributed by atoms with Crippen molar-refractivity contribution in [2.45, 2.75) is 108 Å². The minimum atomic E-state index is -5.75. The lowest BCUT2D eigenvalue weighted by Crippen LogP contribution is -2.53. The summed E-state index contributed by atoms with van der Waals surface area (Å²) in [6.45, 7) is 10.3. The lowest BCUT2D eigenvalue weighted by Gasteiger charge is -2.42. The van der Waals surface area contributed by atoms with Crippen molar-refractivity contribution < 1.29 is 91.5 Å². The van der Waals surface area contributed by atoms with Crippen molar-refractivity contribution in [3.05, 3.63) is 58.7 Å². The number of aliphatic carboxylic acids is 2. The number of anilines is 2. The van der Waals surface area contributed by atoms with E-state index < -0.39 is 61.0 Å². The van der Waals surface area contributed by atoms with Gasteiger partial charge in [0.15, 0.2) is 0 Å². The Balaban J connectivity index is 0.000000277. The van der Waals surface area contributed by atoms with E-state index in [4.69, 9.17) is 10.2 Å². The highest BCUT2D eigenvalue weighted by Gasteiger charge is 2.61. The van der Waals surface area contributed by atoms with Gasteiger partial charge in [0.1, 0.15) is 0 Å². The zero-order chi connectivity index (χ0) is 55.7. The molecule has 0 aliphatic carbocycles. The Morgan fingerprint density at radius 1 is 0.573 bits per heavy atom. The van der Waals surface area contributed by atoms with Crippen LogP contribution in [0.25, 0.3) is 0 Å². The third-order valence-electron chi connectivity index (χ3n) is 13.4. The Bertz CT molecular complexity index is 2210. The Labute approximate surface area is 424 Å². The molecule has 4 N–H and O–H groups in total. The van der Waals surface area contributed by atoms with Gasteiger partial charge in [-0.15, -0.1) is 0 Å². The molecular weight excluding hydrogens is 1030 g/mol. The molecule has 0 spiro atoms. The summed E-state index contributed by atoms with van der Waals surface area (Å²) in [5, 5.41) is 23.9. The van der Waals surface area contributed by atoms with E-state index in [2.05, 4.69) is 42.0 Å². The molecular formula is C47H62F12N8O8. The Morgan fingerprint density at radius 2 is 0.933 bits per heavy atom. The number of hydrogen-bond acceptors (Lipinski definition) is 12. The number of piperidine rings is 2. The highest BCUT2D eigenvalue weighted by atomic mass is 19.4. The van der Waals surface area contributed by atoms with Crippen molar-refractivity contribution in [2.75, 3.05) is 101 Å². The number of benzene rings is 2. The van der Waals surface area contributed by atoms with Gasteiger partial charge in [-0.1, -0.05) is 24.3 Å². The van der Waals surface area contributed by atoms with E-state index in [0.717, 1.165) is 82.2 Å². The van der Waals surface area contributed by atoms with Crippen LogP contribution < -0.4 is 20.4 Å². The van der Waals surface area contributed by atoms with E-state index in [1.54, 1.807) is 0 Å². The van der Waals surface area contributed by atoms with Crippen LogP contribution in [0.3, 0.4) is 0 Å². The van der Waals surface area contributed by atoms with Crippen LogP contribution in [-0.4, -0.2) is 194 Å². The second-order valence-corrected chi connectivity index (χ2v) is 19.3. The fraction of sp³-hybridized carbons (Fsp3) is 0.660. The van der Waals surface area contributed by atoms with Crippen LogP contribution in [0, 0.1) is 13.8 Å². The van der Waals surface area contributed by atoms with Gasteiger partial charge in [0, 0.05) is 115 Å². The normalized spacial score (nSPS) is 18.7. The number of aryl methyl sites for hydroxylation is 2. The first-order chi connectivity index (χ1) is 34.8. The van der Waals surface area contributed by atoms with Crippen molar-refractivity contribution in [3.8, 4) is 0 Å². The topological polar surface area (TPSA) is 171 Å². The van der Waals surface area contributed by atoms with Crippen LogP contribution in [0.5, 0.6) is 0 Å². The molecule has 2 aromatic rings. The number of carbonyl (C=O) groups is 4.